The Hall–Kier alpha value is -1.09. The molecule has 0 saturated carbocycles. The molecule has 74 valence electrons. The van der Waals surface area contributed by atoms with Gasteiger partial charge in [-0.25, -0.2) is 8.42 Å². The lowest BCUT2D eigenvalue weighted by Crippen LogP contribution is -2.03. The first kappa shape index (κ1) is 9.46. The van der Waals surface area contributed by atoms with E-state index in [1.54, 1.807) is 6.08 Å². The van der Waals surface area contributed by atoms with Crippen LogP contribution in [0.5, 0.6) is 0 Å². The van der Waals surface area contributed by atoms with E-state index in [0.717, 1.165) is 5.56 Å². The molecule has 0 spiro atoms. The molecular weight excluding hydrogens is 196 g/mol. The van der Waals surface area contributed by atoms with Crippen LogP contribution in [0.2, 0.25) is 0 Å². The van der Waals surface area contributed by atoms with Crippen molar-refractivity contribution in [3.63, 3.8) is 0 Å². The maximum atomic E-state index is 11.2. The molecule has 1 unspecified atom stereocenters. The number of sulfone groups is 1. The van der Waals surface area contributed by atoms with Crippen LogP contribution in [0, 0.1) is 6.92 Å². The Balaban J connectivity index is 2.27. The molecule has 1 aromatic rings. The summed E-state index contributed by atoms with van der Waals surface area (Å²) in [6.45, 7) is 2.02. The van der Waals surface area contributed by atoms with Gasteiger partial charge in [-0.1, -0.05) is 35.9 Å². The van der Waals surface area contributed by atoms with E-state index < -0.39 is 9.84 Å². The maximum Gasteiger partial charge on any atom is 0.172 e. The molecule has 0 aromatic heterocycles. The van der Waals surface area contributed by atoms with Crippen LogP contribution in [-0.2, 0) is 9.84 Å². The second-order valence-electron chi connectivity index (χ2n) is 3.68. The van der Waals surface area contributed by atoms with Gasteiger partial charge in [0.25, 0.3) is 0 Å². The summed E-state index contributed by atoms with van der Waals surface area (Å²) in [5.74, 6) is 0.261. The molecule has 1 heterocycles. The van der Waals surface area contributed by atoms with Crippen molar-refractivity contribution in [1.29, 1.82) is 0 Å². The monoisotopic (exact) mass is 208 g/mol. The van der Waals surface area contributed by atoms with Crippen molar-refractivity contribution in [3.05, 3.63) is 46.9 Å². The van der Waals surface area contributed by atoms with Gasteiger partial charge in [0, 0.05) is 11.3 Å². The van der Waals surface area contributed by atoms with E-state index in [2.05, 4.69) is 0 Å². The molecule has 0 radical (unpaired) electrons. The Labute approximate surface area is 84.2 Å². The highest BCUT2D eigenvalue weighted by atomic mass is 32.2. The fourth-order valence-electron chi connectivity index (χ4n) is 1.60. The second kappa shape index (κ2) is 3.24. The molecule has 0 amide bonds. The zero-order chi connectivity index (χ0) is 10.2. The van der Waals surface area contributed by atoms with E-state index in [9.17, 15) is 8.42 Å². The SMILES string of the molecule is Cc1ccc(C2C=CS(=O)(=O)C2)cc1. The van der Waals surface area contributed by atoms with Crippen molar-refractivity contribution in [3.8, 4) is 0 Å². The van der Waals surface area contributed by atoms with Crippen molar-refractivity contribution >= 4 is 9.84 Å². The molecule has 1 aliphatic rings. The van der Waals surface area contributed by atoms with Crippen molar-refractivity contribution in [2.24, 2.45) is 0 Å². The van der Waals surface area contributed by atoms with E-state index >= 15 is 0 Å². The molecule has 0 aliphatic carbocycles. The third kappa shape index (κ3) is 1.87. The van der Waals surface area contributed by atoms with E-state index in [4.69, 9.17) is 0 Å². The maximum absolute atomic E-state index is 11.2. The van der Waals surface area contributed by atoms with Gasteiger partial charge < -0.3 is 0 Å². The van der Waals surface area contributed by atoms with Crippen LogP contribution < -0.4 is 0 Å². The highest BCUT2D eigenvalue weighted by molar-refractivity contribution is 7.94. The molecule has 0 bridgehead atoms. The number of allylic oxidation sites excluding steroid dienone is 1. The van der Waals surface area contributed by atoms with Crippen molar-refractivity contribution < 1.29 is 8.42 Å². The van der Waals surface area contributed by atoms with Gasteiger partial charge in [0.05, 0.1) is 5.75 Å². The lowest BCUT2D eigenvalue weighted by Gasteiger charge is -2.06. The van der Waals surface area contributed by atoms with Crippen LogP contribution in [0.15, 0.2) is 35.7 Å². The zero-order valence-corrected chi connectivity index (χ0v) is 8.79. The highest BCUT2D eigenvalue weighted by Gasteiger charge is 2.22. The molecule has 0 N–H and O–H groups in total. The number of aryl methyl sites for hydroxylation is 1. The van der Waals surface area contributed by atoms with Gasteiger partial charge in [0.15, 0.2) is 9.84 Å². The molecule has 3 heteroatoms. The summed E-state index contributed by atoms with van der Waals surface area (Å²) in [6, 6.07) is 8.00. The number of benzene rings is 1. The minimum atomic E-state index is -2.93. The first-order valence-corrected chi connectivity index (χ1v) is 6.26. The minimum Gasteiger partial charge on any atom is -0.224 e. The van der Waals surface area contributed by atoms with Crippen LogP contribution in [0.4, 0.5) is 0 Å². The van der Waals surface area contributed by atoms with Crippen molar-refractivity contribution in [2.75, 3.05) is 5.75 Å². The van der Waals surface area contributed by atoms with Crippen LogP contribution in [0.1, 0.15) is 17.0 Å². The molecular formula is C11H12O2S. The fraction of sp³-hybridized carbons (Fsp3) is 0.273. The van der Waals surface area contributed by atoms with E-state index in [1.807, 2.05) is 31.2 Å². The summed E-state index contributed by atoms with van der Waals surface area (Å²) < 4.78 is 22.4. The zero-order valence-electron chi connectivity index (χ0n) is 7.97. The number of rotatable bonds is 1. The molecule has 0 fully saturated rings. The Morgan fingerprint density at radius 3 is 2.36 bits per heavy atom. The summed E-state index contributed by atoms with van der Waals surface area (Å²) in [6.07, 6.45) is 1.76. The molecule has 0 saturated heterocycles. The summed E-state index contributed by atoms with van der Waals surface area (Å²) in [5.41, 5.74) is 2.27. The first-order chi connectivity index (χ1) is 6.57. The van der Waals surface area contributed by atoms with Gasteiger partial charge in [0.2, 0.25) is 0 Å². The lowest BCUT2D eigenvalue weighted by molar-refractivity contribution is 0.604. The van der Waals surface area contributed by atoms with Gasteiger partial charge >= 0.3 is 0 Å². The summed E-state index contributed by atoms with van der Waals surface area (Å²) in [7, 11) is -2.93. The number of hydrogen-bond donors (Lipinski definition) is 0. The summed E-state index contributed by atoms with van der Waals surface area (Å²) in [4.78, 5) is 0. The van der Waals surface area contributed by atoms with Crippen molar-refractivity contribution in [1.82, 2.24) is 0 Å². The van der Waals surface area contributed by atoms with Gasteiger partial charge in [-0.2, -0.15) is 0 Å². The first-order valence-electron chi connectivity index (χ1n) is 4.54. The third-order valence-corrected chi connectivity index (χ3v) is 3.83. The van der Waals surface area contributed by atoms with Crippen molar-refractivity contribution in [2.45, 2.75) is 12.8 Å². The normalized spacial score (nSPS) is 23.9. The quantitative estimate of drug-likeness (QED) is 0.707. The Bertz CT molecular complexity index is 455. The third-order valence-electron chi connectivity index (χ3n) is 2.44. The standard InChI is InChI=1S/C11H12O2S/c1-9-2-4-10(5-3-9)11-6-7-14(12,13)8-11/h2-7,11H,8H2,1H3. The van der Waals surface area contributed by atoms with Gasteiger partial charge in [0.1, 0.15) is 0 Å². The molecule has 1 aliphatic heterocycles. The van der Waals surface area contributed by atoms with Crippen LogP contribution in [0.25, 0.3) is 0 Å². The Morgan fingerprint density at radius 1 is 1.21 bits per heavy atom. The average Bonchev–Trinajstić information content (AvgIpc) is 2.47. The average molecular weight is 208 g/mol. The van der Waals surface area contributed by atoms with E-state index in [1.165, 1.54) is 11.0 Å². The fourth-order valence-corrected chi connectivity index (χ4v) is 2.94. The highest BCUT2D eigenvalue weighted by Crippen LogP contribution is 2.25. The molecule has 2 nitrogen and oxygen atoms in total. The Kier molecular flexibility index (Phi) is 2.19. The van der Waals surface area contributed by atoms with E-state index in [0.29, 0.717) is 0 Å². The predicted molar refractivity (Wildman–Crippen MR) is 56.8 cm³/mol. The molecule has 1 atom stereocenters. The molecule has 2 rings (SSSR count). The predicted octanol–water partition coefficient (Wildman–Crippen LogP) is 2.02. The molecule has 14 heavy (non-hydrogen) atoms. The van der Waals surface area contributed by atoms with Gasteiger partial charge in [-0.15, -0.1) is 0 Å². The van der Waals surface area contributed by atoms with Crippen LogP contribution >= 0.6 is 0 Å². The minimum absolute atomic E-state index is 0.0422. The summed E-state index contributed by atoms with van der Waals surface area (Å²) in [5, 5.41) is 1.32. The van der Waals surface area contributed by atoms with Gasteiger partial charge in [-0.05, 0) is 12.5 Å². The Morgan fingerprint density at radius 2 is 1.86 bits per heavy atom. The van der Waals surface area contributed by atoms with E-state index in [-0.39, 0.29) is 11.7 Å². The molecule has 1 aromatic carbocycles. The van der Waals surface area contributed by atoms with Crippen LogP contribution in [-0.4, -0.2) is 14.2 Å². The largest absolute Gasteiger partial charge is 0.224 e. The summed E-state index contributed by atoms with van der Waals surface area (Å²) >= 11 is 0. The van der Waals surface area contributed by atoms with Crippen LogP contribution in [0.3, 0.4) is 0 Å². The second-order valence-corrected chi connectivity index (χ2v) is 5.61. The number of hydrogen-bond acceptors (Lipinski definition) is 2. The van der Waals surface area contributed by atoms with Gasteiger partial charge in [-0.3, -0.25) is 0 Å². The smallest absolute Gasteiger partial charge is 0.172 e. The topological polar surface area (TPSA) is 34.1 Å². The lowest BCUT2D eigenvalue weighted by atomic mass is 10.0.